The van der Waals surface area contributed by atoms with Crippen LogP contribution in [0.25, 0.3) is 0 Å². The second-order valence-corrected chi connectivity index (χ2v) is 7.31. The Morgan fingerprint density at radius 1 is 1.05 bits per heavy atom. The van der Waals surface area contributed by atoms with Crippen molar-refractivity contribution in [1.82, 2.24) is 0 Å². The summed E-state index contributed by atoms with van der Waals surface area (Å²) in [5, 5.41) is 0. The SMILES string of the molecule is Nc1cc(S(=O)(=O)Nc2ccc(F)c(Br)c2)ccc1Br. The van der Waals surface area contributed by atoms with Crippen LogP contribution in [0, 0.1) is 5.82 Å². The Morgan fingerprint density at radius 2 is 1.75 bits per heavy atom. The van der Waals surface area contributed by atoms with Gasteiger partial charge in [0.05, 0.1) is 15.1 Å². The summed E-state index contributed by atoms with van der Waals surface area (Å²) in [5.74, 6) is -0.471. The second kappa shape index (κ2) is 5.71. The van der Waals surface area contributed by atoms with Crippen LogP contribution in [0.15, 0.2) is 50.2 Å². The van der Waals surface area contributed by atoms with E-state index in [0.29, 0.717) is 10.2 Å². The van der Waals surface area contributed by atoms with Crippen molar-refractivity contribution in [2.45, 2.75) is 4.90 Å². The molecule has 0 aromatic heterocycles. The predicted octanol–water partition coefficient (Wildman–Crippen LogP) is 3.73. The lowest BCUT2D eigenvalue weighted by molar-refractivity contribution is 0.601. The molecule has 0 unspecified atom stereocenters. The number of nitrogens with two attached hydrogens (primary N) is 1. The van der Waals surface area contributed by atoms with Crippen LogP contribution in [0.4, 0.5) is 15.8 Å². The molecule has 0 atom stereocenters. The van der Waals surface area contributed by atoms with E-state index in [4.69, 9.17) is 5.73 Å². The van der Waals surface area contributed by atoms with Crippen LogP contribution in [0.1, 0.15) is 0 Å². The highest BCUT2D eigenvalue weighted by molar-refractivity contribution is 9.10. The van der Waals surface area contributed by atoms with Gasteiger partial charge >= 0.3 is 0 Å². The van der Waals surface area contributed by atoms with E-state index in [1.165, 1.54) is 24.3 Å². The van der Waals surface area contributed by atoms with E-state index >= 15 is 0 Å². The molecule has 3 N–H and O–H groups in total. The number of hydrogen-bond donors (Lipinski definition) is 2. The number of sulfonamides is 1. The summed E-state index contributed by atoms with van der Waals surface area (Å²) in [5.41, 5.74) is 6.22. The van der Waals surface area contributed by atoms with Crippen molar-refractivity contribution < 1.29 is 12.8 Å². The van der Waals surface area contributed by atoms with E-state index < -0.39 is 15.8 Å². The maximum atomic E-state index is 13.1. The second-order valence-electron chi connectivity index (χ2n) is 3.92. The largest absolute Gasteiger partial charge is 0.398 e. The van der Waals surface area contributed by atoms with Crippen LogP contribution in [0.2, 0.25) is 0 Å². The normalized spacial score (nSPS) is 11.3. The average Bonchev–Trinajstić information content (AvgIpc) is 2.37. The molecule has 0 aliphatic carbocycles. The van der Waals surface area contributed by atoms with Gasteiger partial charge in [0.1, 0.15) is 5.82 Å². The Kier molecular flexibility index (Phi) is 4.36. The van der Waals surface area contributed by atoms with Gasteiger partial charge in [-0.15, -0.1) is 0 Å². The third-order valence-corrected chi connectivity index (χ3v) is 5.16. The van der Waals surface area contributed by atoms with Crippen molar-refractivity contribution in [3.8, 4) is 0 Å². The molecule has 2 aromatic carbocycles. The number of anilines is 2. The Labute approximate surface area is 132 Å². The minimum absolute atomic E-state index is 0.0265. The summed E-state index contributed by atoms with van der Waals surface area (Å²) < 4.78 is 40.6. The molecule has 0 heterocycles. The third kappa shape index (κ3) is 3.31. The van der Waals surface area contributed by atoms with E-state index in [1.54, 1.807) is 6.07 Å². The van der Waals surface area contributed by atoms with E-state index in [1.807, 2.05) is 0 Å². The van der Waals surface area contributed by atoms with E-state index in [-0.39, 0.29) is 15.1 Å². The van der Waals surface area contributed by atoms with E-state index in [0.717, 1.165) is 6.07 Å². The third-order valence-electron chi connectivity index (χ3n) is 2.45. The van der Waals surface area contributed by atoms with Gasteiger partial charge in [-0.05, 0) is 68.3 Å². The lowest BCUT2D eigenvalue weighted by Gasteiger charge is -2.09. The highest BCUT2D eigenvalue weighted by Crippen LogP contribution is 2.26. The smallest absolute Gasteiger partial charge is 0.261 e. The number of halogens is 3. The van der Waals surface area contributed by atoms with E-state index in [9.17, 15) is 12.8 Å². The molecule has 106 valence electrons. The molecule has 0 radical (unpaired) electrons. The molecule has 0 aliphatic rings. The standard InChI is InChI=1S/C12H9Br2FN2O2S/c13-9-3-2-8(6-12(9)16)20(18,19)17-7-1-4-11(15)10(14)5-7/h1-6,17H,16H2. The minimum atomic E-state index is -3.78. The van der Waals surface area contributed by atoms with Crippen LogP contribution >= 0.6 is 31.9 Å². The van der Waals surface area contributed by atoms with Gasteiger partial charge in [-0.3, -0.25) is 4.72 Å². The van der Waals surface area contributed by atoms with Crippen LogP contribution in [0.5, 0.6) is 0 Å². The molecule has 20 heavy (non-hydrogen) atoms. The van der Waals surface area contributed by atoms with Gasteiger partial charge in [-0.2, -0.15) is 0 Å². The van der Waals surface area contributed by atoms with Gasteiger partial charge in [-0.1, -0.05) is 0 Å². The maximum absolute atomic E-state index is 13.1. The van der Waals surface area contributed by atoms with Crippen molar-refractivity contribution in [3.05, 3.63) is 51.2 Å². The lowest BCUT2D eigenvalue weighted by Crippen LogP contribution is -2.13. The zero-order valence-electron chi connectivity index (χ0n) is 9.90. The molecule has 0 spiro atoms. The number of benzene rings is 2. The first-order valence-electron chi connectivity index (χ1n) is 5.32. The fourth-order valence-electron chi connectivity index (χ4n) is 1.46. The first-order valence-corrected chi connectivity index (χ1v) is 8.39. The molecule has 8 heteroatoms. The molecule has 0 fully saturated rings. The van der Waals surface area contributed by atoms with Gasteiger partial charge in [0.15, 0.2) is 0 Å². The van der Waals surface area contributed by atoms with E-state index in [2.05, 4.69) is 36.6 Å². The van der Waals surface area contributed by atoms with Gasteiger partial charge in [0.2, 0.25) is 0 Å². The molecule has 0 aliphatic heterocycles. The molecule has 2 aromatic rings. The minimum Gasteiger partial charge on any atom is -0.398 e. The van der Waals surface area contributed by atoms with Gasteiger partial charge < -0.3 is 5.73 Å². The number of hydrogen-bond acceptors (Lipinski definition) is 3. The molecule has 2 rings (SSSR count). The van der Waals surface area contributed by atoms with Crippen LogP contribution in [0.3, 0.4) is 0 Å². The zero-order chi connectivity index (χ0) is 14.9. The first kappa shape index (κ1) is 15.3. The Bertz CT molecular complexity index is 766. The number of nitrogen functional groups attached to an aromatic ring is 1. The monoisotopic (exact) mass is 422 g/mol. The quantitative estimate of drug-likeness (QED) is 0.738. The summed E-state index contributed by atoms with van der Waals surface area (Å²) in [4.78, 5) is 0.0265. The zero-order valence-corrected chi connectivity index (χ0v) is 13.9. The van der Waals surface area contributed by atoms with Crippen molar-refractivity contribution in [2.24, 2.45) is 0 Å². The molecular formula is C12H9Br2FN2O2S. The summed E-state index contributed by atoms with van der Waals surface area (Å²) in [6, 6.07) is 8.14. The fourth-order valence-corrected chi connectivity index (χ4v) is 3.17. The average molecular weight is 424 g/mol. The van der Waals surface area contributed by atoms with Crippen molar-refractivity contribution in [3.63, 3.8) is 0 Å². The Morgan fingerprint density at radius 3 is 2.35 bits per heavy atom. The first-order chi connectivity index (χ1) is 9.29. The predicted molar refractivity (Wildman–Crippen MR) is 83.5 cm³/mol. The highest BCUT2D eigenvalue weighted by Gasteiger charge is 2.16. The molecule has 0 saturated carbocycles. The lowest BCUT2D eigenvalue weighted by atomic mass is 10.3. The molecule has 0 saturated heterocycles. The van der Waals surface area contributed by atoms with Crippen molar-refractivity contribution in [1.29, 1.82) is 0 Å². The Balaban J connectivity index is 2.35. The summed E-state index contributed by atoms with van der Waals surface area (Å²) >= 11 is 6.19. The summed E-state index contributed by atoms with van der Waals surface area (Å²) in [6.07, 6.45) is 0. The van der Waals surface area contributed by atoms with Crippen LogP contribution in [-0.2, 0) is 10.0 Å². The maximum Gasteiger partial charge on any atom is 0.261 e. The van der Waals surface area contributed by atoms with Crippen LogP contribution in [-0.4, -0.2) is 8.42 Å². The molecule has 0 bridgehead atoms. The topological polar surface area (TPSA) is 72.2 Å². The van der Waals surface area contributed by atoms with Crippen molar-refractivity contribution >= 4 is 53.3 Å². The fraction of sp³-hybridized carbons (Fsp3) is 0. The van der Waals surface area contributed by atoms with Crippen molar-refractivity contribution in [2.75, 3.05) is 10.5 Å². The summed E-state index contributed by atoms with van der Waals surface area (Å²) in [6.45, 7) is 0. The highest BCUT2D eigenvalue weighted by atomic mass is 79.9. The molecule has 0 amide bonds. The molecule has 4 nitrogen and oxygen atoms in total. The number of rotatable bonds is 3. The number of nitrogens with one attached hydrogen (secondary N) is 1. The van der Waals surface area contributed by atoms with Crippen LogP contribution < -0.4 is 10.5 Å². The molecular weight excluding hydrogens is 415 g/mol. The van der Waals surface area contributed by atoms with Gasteiger partial charge in [0.25, 0.3) is 10.0 Å². The Hall–Kier alpha value is -1.12. The van der Waals surface area contributed by atoms with Gasteiger partial charge in [0, 0.05) is 10.2 Å². The van der Waals surface area contributed by atoms with Gasteiger partial charge in [-0.25, -0.2) is 12.8 Å². The summed E-state index contributed by atoms with van der Waals surface area (Å²) in [7, 11) is -3.78.